The molecule has 0 heterocycles. The molecule has 18 heavy (non-hydrogen) atoms. The Hall–Kier alpha value is -0.630. The average molecular weight is 307 g/mol. The molecule has 0 amide bonds. The predicted molar refractivity (Wildman–Crippen MR) is 77.5 cm³/mol. The van der Waals surface area contributed by atoms with Crippen LogP contribution in [0.4, 0.5) is 0 Å². The second-order valence-electron chi connectivity index (χ2n) is 5.77. The number of carbonyl (C=O) groups excluding carboxylic acids is 1. The molecule has 0 aliphatic heterocycles. The van der Waals surface area contributed by atoms with Gasteiger partial charge in [-0.25, -0.2) is 0 Å². The topological polar surface area (TPSA) is 17.1 Å². The quantitative estimate of drug-likeness (QED) is 0.687. The molecular weight excluding hydrogens is 288 g/mol. The Morgan fingerprint density at radius 3 is 3.00 bits per heavy atom. The lowest BCUT2D eigenvalue weighted by Gasteiger charge is -2.48. The van der Waals surface area contributed by atoms with E-state index in [1.807, 2.05) is 0 Å². The van der Waals surface area contributed by atoms with E-state index >= 15 is 0 Å². The van der Waals surface area contributed by atoms with Crippen LogP contribution in [0.25, 0.3) is 0 Å². The monoisotopic (exact) mass is 306 g/mol. The third kappa shape index (κ3) is 1.77. The van der Waals surface area contributed by atoms with Crippen molar-refractivity contribution in [1.82, 2.24) is 0 Å². The molecule has 0 aromatic rings. The number of Topliss-reactive ketones (excluding diaryl/α,β-unsaturated/α-hetero) is 1. The summed E-state index contributed by atoms with van der Waals surface area (Å²) in [4.78, 5) is 11.7. The summed E-state index contributed by atoms with van der Waals surface area (Å²) in [6.45, 7) is 2.29. The van der Waals surface area contributed by atoms with Gasteiger partial charge >= 0.3 is 0 Å². The molecular formula is C16H19BrO. The normalized spacial score (nSPS) is 35.1. The summed E-state index contributed by atoms with van der Waals surface area (Å²) < 4.78 is 1.32. The molecule has 3 aliphatic rings. The van der Waals surface area contributed by atoms with Gasteiger partial charge in [-0.15, -0.1) is 0 Å². The van der Waals surface area contributed by atoms with Crippen LogP contribution in [-0.4, -0.2) is 5.78 Å². The van der Waals surface area contributed by atoms with Crippen LogP contribution in [0.5, 0.6) is 0 Å². The molecule has 2 atom stereocenters. The van der Waals surface area contributed by atoms with Crippen molar-refractivity contribution in [2.75, 3.05) is 0 Å². The van der Waals surface area contributed by atoms with Crippen molar-refractivity contribution in [3.63, 3.8) is 0 Å². The Balaban J connectivity index is 2.06. The Kier molecular flexibility index (Phi) is 3.09. The minimum absolute atomic E-state index is 0.280. The van der Waals surface area contributed by atoms with Gasteiger partial charge < -0.3 is 0 Å². The summed E-state index contributed by atoms with van der Waals surface area (Å²) in [5, 5.41) is 0. The van der Waals surface area contributed by atoms with Crippen molar-refractivity contribution in [3.8, 4) is 0 Å². The minimum Gasteiger partial charge on any atom is -0.299 e. The third-order valence-electron chi connectivity index (χ3n) is 5.05. The van der Waals surface area contributed by atoms with Crippen LogP contribution in [0.15, 0.2) is 33.9 Å². The first-order valence-corrected chi connectivity index (χ1v) is 7.74. The van der Waals surface area contributed by atoms with Crippen LogP contribution in [0.1, 0.15) is 45.4 Å². The molecule has 2 heteroatoms. The van der Waals surface area contributed by atoms with E-state index in [1.54, 1.807) is 0 Å². The molecule has 96 valence electrons. The first-order valence-electron chi connectivity index (χ1n) is 6.95. The maximum absolute atomic E-state index is 11.7. The number of halogens is 1. The smallest absolute Gasteiger partial charge is 0.136 e. The molecule has 0 aromatic carbocycles. The molecule has 0 aromatic heterocycles. The Labute approximate surface area is 117 Å². The number of hydrogen-bond donors (Lipinski definition) is 0. The van der Waals surface area contributed by atoms with E-state index in [0.29, 0.717) is 18.1 Å². The van der Waals surface area contributed by atoms with E-state index in [0.717, 1.165) is 19.3 Å². The highest BCUT2D eigenvalue weighted by atomic mass is 79.9. The average Bonchev–Trinajstić information content (AvgIpc) is 2.38. The van der Waals surface area contributed by atoms with Gasteiger partial charge in [-0.1, -0.05) is 40.6 Å². The molecule has 0 radical (unpaired) electrons. The van der Waals surface area contributed by atoms with Gasteiger partial charge in [0.25, 0.3) is 0 Å². The SMILES string of the molecule is CCC12CCC(=O)CC1=CC=C1C=C(Br)CCC12. The van der Waals surface area contributed by atoms with Crippen LogP contribution in [0.3, 0.4) is 0 Å². The van der Waals surface area contributed by atoms with Crippen LogP contribution >= 0.6 is 15.9 Å². The molecule has 3 aliphatic carbocycles. The number of allylic oxidation sites excluding steroid dienone is 6. The van der Waals surface area contributed by atoms with Crippen molar-refractivity contribution in [3.05, 3.63) is 33.9 Å². The van der Waals surface area contributed by atoms with Gasteiger partial charge in [0.1, 0.15) is 5.78 Å². The molecule has 0 N–H and O–H groups in total. The fourth-order valence-electron chi connectivity index (χ4n) is 4.03. The zero-order chi connectivity index (χ0) is 12.8. The first kappa shape index (κ1) is 12.4. The van der Waals surface area contributed by atoms with E-state index in [4.69, 9.17) is 0 Å². The van der Waals surface area contributed by atoms with Crippen LogP contribution < -0.4 is 0 Å². The Morgan fingerprint density at radius 1 is 1.39 bits per heavy atom. The lowest BCUT2D eigenvalue weighted by atomic mass is 9.55. The standard InChI is InChI=1S/C16H19BrO/c1-2-16-8-7-14(18)10-12(16)4-3-11-9-13(17)5-6-15(11)16/h3-4,9,15H,2,5-8,10H2,1H3. The highest BCUT2D eigenvalue weighted by Crippen LogP contribution is 2.56. The second kappa shape index (κ2) is 4.48. The zero-order valence-corrected chi connectivity index (χ0v) is 12.4. The van der Waals surface area contributed by atoms with Crippen LogP contribution in [-0.2, 0) is 4.79 Å². The molecule has 1 nitrogen and oxygen atoms in total. The summed E-state index contributed by atoms with van der Waals surface area (Å²) in [5.74, 6) is 1.06. The van der Waals surface area contributed by atoms with Crippen LogP contribution in [0.2, 0.25) is 0 Å². The number of carbonyl (C=O) groups is 1. The summed E-state index contributed by atoms with van der Waals surface area (Å²) in [5.41, 5.74) is 3.15. The lowest BCUT2D eigenvalue weighted by molar-refractivity contribution is -0.120. The van der Waals surface area contributed by atoms with E-state index < -0.39 is 0 Å². The molecule has 2 unspecified atom stereocenters. The summed E-state index contributed by atoms with van der Waals surface area (Å²) in [7, 11) is 0. The van der Waals surface area contributed by atoms with Gasteiger partial charge in [0.05, 0.1) is 0 Å². The third-order valence-corrected chi connectivity index (χ3v) is 5.67. The van der Waals surface area contributed by atoms with E-state index in [9.17, 15) is 4.79 Å². The van der Waals surface area contributed by atoms with E-state index in [1.165, 1.54) is 28.5 Å². The minimum atomic E-state index is 0.280. The number of ketones is 1. The molecule has 0 saturated heterocycles. The van der Waals surface area contributed by atoms with Crippen molar-refractivity contribution in [2.24, 2.45) is 11.3 Å². The summed E-state index contributed by atoms with van der Waals surface area (Å²) >= 11 is 3.63. The van der Waals surface area contributed by atoms with Gasteiger partial charge in [-0.3, -0.25) is 4.79 Å². The maximum atomic E-state index is 11.7. The predicted octanol–water partition coefficient (Wildman–Crippen LogP) is 4.69. The molecule has 1 fully saturated rings. The van der Waals surface area contributed by atoms with Crippen molar-refractivity contribution in [2.45, 2.75) is 45.4 Å². The highest BCUT2D eigenvalue weighted by Gasteiger charge is 2.46. The second-order valence-corrected chi connectivity index (χ2v) is 6.78. The van der Waals surface area contributed by atoms with Gasteiger partial charge in [0.2, 0.25) is 0 Å². The fraction of sp³-hybridized carbons (Fsp3) is 0.562. The Morgan fingerprint density at radius 2 is 2.22 bits per heavy atom. The largest absolute Gasteiger partial charge is 0.299 e. The fourth-order valence-corrected chi connectivity index (χ4v) is 4.53. The van der Waals surface area contributed by atoms with Gasteiger partial charge in [0, 0.05) is 12.8 Å². The van der Waals surface area contributed by atoms with Crippen molar-refractivity contribution < 1.29 is 4.79 Å². The van der Waals surface area contributed by atoms with Crippen LogP contribution in [0, 0.1) is 11.3 Å². The van der Waals surface area contributed by atoms with Crippen molar-refractivity contribution >= 4 is 21.7 Å². The highest BCUT2D eigenvalue weighted by molar-refractivity contribution is 9.11. The van der Waals surface area contributed by atoms with Gasteiger partial charge in [-0.2, -0.15) is 0 Å². The van der Waals surface area contributed by atoms with Crippen molar-refractivity contribution in [1.29, 1.82) is 0 Å². The number of rotatable bonds is 1. The molecule has 0 bridgehead atoms. The Bertz CT molecular complexity index is 483. The maximum Gasteiger partial charge on any atom is 0.136 e. The molecule has 3 rings (SSSR count). The number of fused-ring (bicyclic) bond motifs is 3. The van der Waals surface area contributed by atoms with Gasteiger partial charge in [-0.05, 0) is 53.1 Å². The summed E-state index contributed by atoms with van der Waals surface area (Å²) in [6, 6.07) is 0. The summed E-state index contributed by atoms with van der Waals surface area (Å²) in [6.07, 6.45) is 12.8. The number of hydrogen-bond acceptors (Lipinski definition) is 1. The lowest BCUT2D eigenvalue weighted by Crippen LogP contribution is -2.40. The molecule has 1 saturated carbocycles. The first-order chi connectivity index (χ1) is 8.65. The zero-order valence-electron chi connectivity index (χ0n) is 10.8. The van der Waals surface area contributed by atoms with E-state index in [-0.39, 0.29) is 5.41 Å². The van der Waals surface area contributed by atoms with Gasteiger partial charge in [0.15, 0.2) is 0 Å². The molecule has 0 spiro atoms. The van der Waals surface area contributed by atoms with E-state index in [2.05, 4.69) is 41.1 Å².